The van der Waals surface area contributed by atoms with Crippen molar-refractivity contribution in [2.75, 3.05) is 11.4 Å². The van der Waals surface area contributed by atoms with Gasteiger partial charge in [0.05, 0.1) is 0 Å². The second-order valence-electron chi connectivity index (χ2n) is 5.93. The molecule has 1 N–H and O–H groups in total. The number of nitrogens with one attached hydrogen (secondary N) is 1. The average Bonchev–Trinajstić information content (AvgIpc) is 3.29. The lowest BCUT2D eigenvalue weighted by Crippen LogP contribution is -2.39. The van der Waals surface area contributed by atoms with Gasteiger partial charge in [-0.3, -0.25) is 0 Å². The van der Waals surface area contributed by atoms with Gasteiger partial charge in [-0.05, 0) is 56.2 Å². The minimum atomic E-state index is 0.688. The molecule has 0 amide bonds. The Morgan fingerprint density at radius 2 is 2.21 bits per heavy atom. The highest BCUT2D eigenvalue weighted by atomic mass is 15.2. The Hall–Kier alpha value is -1.09. The van der Waals surface area contributed by atoms with Gasteiger partial charge in [0.25, 0.3) is 0 Å². The zero-order valence-corrected chi connectivity index (χ0v) is 11.9. The molecule has 0 spiro atoms. The van der Waals surface area contributed by atoms with Crippen LogP contribution >= 0.6 is 0 Å². The van der Waals surface area contributed by atoms with E-state index in [1.54, 1.807) is 0 Å². The Morgan fingerprint density at radius 1 is 1.32 bits per heavy atom. The van der Waals surface area contributed by atoms with Gasteiger partial charge in [0, 0.05) is 31.4 Å². The zero-order chi connectivity index (χ0) is 13.1. The van der Waals surface area contributed by atoms with E-state index in [-0.39, 0.29) is 0 Å². The molecule has 3 rings (SSSR count). The van der Waals surface area contributed by atoms with Crippen molar-refractivity contribution in [3.63, 3.8) is 0 Å². The molecule has 104 valence electrons. The molecule has 2 fully saturated rings. The Bertz CT molecular complexity index is 414. The maximum atomic E-state index is 4.60. The van der Waals surface area contributed by atoms with Crippen LogP contribution in [0.2, 0.25) is 0 Å². The van der Waals surface area contributed by atoms with Gasteiger partial charge < -0.3 is 10.2 Å². The number of hydrogen-bond donors (Lipinski definition) is 1. The summed E-state index contributed by atoms with van der Waals surface area (Å²) in [5, 5.41) is 3.58. The van der Waals surface area contributed by atoms with E-state index in [9.17, 15) is 0 Å². The normalized spacial score (nSPS) is 23.6. The van der Waals surface area contributed by atoms with Gasteiger partial charge in [-0.25, -0.2) is 4.98 Å². The highest BCUT2D eigenvalue weighted by Crippen LogP contribution is 2.25. The standard InChI is InChI=1S/C16H25N3/c1-2-15-5-3-4-10-19(15)16-11-13(8-9-17-16)12-18-14-6-7-14/h8-9,11,14-15,18H,2-7,10,12H2,1H3. The van der Waals surface area contributed by atoms with Crippen molar-refractivity contribution in [2.24, 2.45) is 0 Å². The van der Waals surface area contributed by atoms with Crippen molar-refractivity contribution < 1.29 is 0 Å². The Labute approximate surface area is 116 Å². The van der Waals surface area contributed by atoms with Crippen molar-refractivity contribution in [1.82, 2.24) is 10.3 Å². The minimum Gasteiger partial charge on any atom is -0.354 e. The third-order valence-corrected chi connectivity index (χ3v) is 4.37. The van der Waals surface area contributed by atoms with Crippen LogP contribution in [0.25, 0.3) is 0 Å². The van der Waals surface area contributed by atoms with E-state index in [1.165, 1.54) is 56.5 Å². The van der Waals surface area contributed by atoms with Gasteiger partial charge in [-0.2, -0.15) is 0 Å². The predicted molar refractivity (Wildman–Crippen MR) is 79.4 cm³/mol. The van der Waals surface area contributed by atoms with E-state index in [4.69, 9.17) is 0 Å². The highest BCUT2D eigenvalue weighted by Gasteiger charge is 2.23. The van der Waals surface area contributed by atoms with Crippen molar-refractivity contribution in [2.45, 2.75) is 64.1 Å². The van der Waals surface area contributed by atoms with Crippen molar-refractivity contribution in [1.29, 1.82) is 0 Å². The van der Waals surface area contributed by atoms with Gasteiger partial charge in [0.1, 0.15) is 5.82 Å². The van der Waals surface area contributed by atoms with Crippen molar-refractivity contribution >= 4 is 5.82 Å². The third-order valence-electron chi connectivity index (χ3n) is 4.37. The molecule has 0 aromatic carbocycles. The summed E-state index contributed by atoms with van der Waals surface area (Å²) in [5.74, 6) is 1.18. The molecule has 0 radical (unpaired) electrons. The molecule has 1 atom stereocenters. The number of anilines is 1. The van der Waals surface area contributed by atoms with Crippen LogP contribution in [0.1, 0.15) is 51.0 Å². The second kappa shape index (κ2) is 5.91. The van der Waals surface area contributed by atoms with Crippen LogP contribution in [0.5, 0.6) is 0 Å². The van der Waals surface area contributed by atoms with Gasteiger partial charge in [-0.1, -0.05) is 6.92 Å². The number of pyridine rings is 1. The second-order valence-corrected chi connectivity index (χ2v) is 5.93. The van der Waals surface area contributed by atoms with Crippen LogP contribution in [-0.2, 0) is 6.54 Å². The maximum Gasteiger partial charge on any atom is 0.129 e. The molecule has 1 unspecified atom stereocenters. The van der Waals surface area contributed by atoms with Crippen LogP contribution in [0.15, 0.2) is 18.3 Å². The third kappa shape index (κ3) is 3.27. The molecule has 0 bridgehead atoms. The lowest BCUT2D eigenvalue weighted by molar-refractivity contribution is 0.446. The number of rotatable bonds is 5. The zero-order valence-electron chi connectivity index (χ0n) is 11.9. The molecule has 1 aliphatic carbocycles. The molecule has 19 heavy (non-hydrogen) atoms. The summed E-state index contributed by atoms with van der Waals surface area (Å²) in [6.07, 6.45) is 9.90. The van der Waals surface area contributed by atoms with E-state index >= 15 is 0 Å². The fraction of sp³-hybridized carbons (Fsp3) is 0.688. The Morgan fingerprint density at radius 3 is 3.00 bits per heavy atom. The molecule has 1 saturated carbocycles. The van der Waals surface area contributed by atoms with Gasteiger partial charge >= 0.3 is 0 Å². The summed E-state index contributed by atoms with van der Waals surface area (Å²) in [6, 6.07) is 5.88. The number of nitrogens with zero attached hydrogens (tertiary/aromatic N) is 2. The maximum absolute atomic E-state index is 4.60. The number of aromatic nitrogens is 1. The summed E-state index contributed by atoms with van der Waals surface area (Å²) in [5.41, 5.74) is 1.37. The largest absolute Gasteiger partial charge is 0.354 e. The van der Waals surface area contributed by atoms with Gasteiger partial charge in [-0.15, -0.1) is 0 Å². The van der Waals surface area contributed by atoms with E-state index in [0.29, 0.717) is 6.04 Å². The first-order valence-electron chi connectivity index (χ1n) is 7.82. The van der Waals surface area contributed by atoms with E-state index in [1.807, 2.05) is 6.20 Å². The molecular formula is C16H25N3. The lowest BCUT2D eigenvalue weighted by Gasteiger charge is -2.36. The van der Waals surface area contributed by atoms with Crippen LogP contribution in [0.4, 0.5) is 5.82 Å². The van der Waals surface area contributed by atoms with E-state index < -0.39 is 0 Å². The Kier molecular flexibility index (Phi) is 4.02. The first-order chi connectivity index (χ1) is 9.36. The average molecular weight is 259 g/mol. The predicted octanol–water partition coefficient (Wildman–Crippen LogP) is 3.10. The molecule has 3 nitrogen and oxygen atoms in total. The molecule has 1 saturated heterocycles. The summed E-state index contributed by atoms with van der Waals surface area (Å²) >= 11 is 0. The van der Waals surface area contributed by atoms with Gasteiger partial charge in [0.2, 0.25) is 0 Å². The number of piperidine rings is 1. The van der Waals surface area contributed by atoms with Crippen LogP contribution in [0, 0.1) is 0 Å². The smallest absolute Gasteiger partial charge is 0.129 e. The molecule has 1 aromatic rings. The highest BCUT2D eigenvalue weighted by molar-refractivity contribution is 5.42. The monoisotopic (exact) mass is 259 g/mol. The fourth-order valence-corrected chi connectivity index (χ4v) is 3.00. The van der Waals surface area contributed by atoms with Crippen LogP contribution in [0.3, 0.4) is 0 Å². The molecule has 2 heterocycles. The quantitative estimate of drug-likeness (QED) is 0.880. The molecule has 2 aliphatic rings. The molecule has 1 aliphatic heterocycles. The summed E-state index contributed by atoms with van der Waals surface area (Å²) < 4.78 is 0. The molecular weight excluding hydrogens is 234 g/mol. The van der Waals surface area contributed by atoms with E-state index in [2.05, 4.69) is 34.3 Å². The summed E-state index contributed by atoms with van der Waals surface area (Å²) in [4.78, 5) is 7.12. The van der Waals surface area contributed by atoms with E-state index in [0.717, 1.165) is 12.6 Å². The van der Waals surface area contributed by atoms with Crippen molar-refractivity contribution in [3.8, 4) is 0 Å². The Balaban J connectivity index is 1.69. The van der Waals surface area contributed by atoms with Crippen LogP contribution in [-0.4, -0.2) is 23.6 Å². The SMILES string of the molecule is CCC1CCCCN1c1cc(CNC2CC2)ccn1. The molecule has 3 heteroatoms. The first-order valence-corrected chi connectivity index (χ1v) is 7.82. The van der Waals surface area contributed by atoms with Gasteiger partial charge in [0.15, 0.2) is 0 Å². The summed E-state index contributed by atoms with van der Waals surface area (Å²) in [7, 11) is 0. The topological polar surface area (TPSA) is 28.2 Å². The summed E-state index contributed by atoms with van der Waals surface area (Å²) in [6.45, 7) is 4.46. The molecule has 1 aromatic heterocycles. The fourth-order valence-electron chi connectivity index (χ4n) is 3.00. The lowest BCUT2D eigenvalue weighted by atomic mass is 10.00. The minimum absolute atomic E-state index is 0.688. The van der Waals surface area contributed by atoms with Crippen LogP contribution < -0.4 is 10.2 Å². The number of hydrogen-bond acceptors (Lipinski definition) is 3. The first kappa shape index (κ1) is 12.9. The van der Waals surface area contributed by atoms with Crippen molar-refractivity contribution in [3.05, 3.63) is 23.9 Å².